The van der Waals surface area contributed by atoms with E-state index in [1.165, 1.54) is 14.9 Å². The molecule has 0 spiro atoms. The molecule has 0 atom stereocenters. The molecule has 0 aliphatic heterocycles. The smallest absolute Gasteiger partial charge is 0.368 e. The third kappa shape index (κ3) is 5.31. The van der Waals surface area contributed by atoms with Crippen molar-refractivity contribution in [3.05, 3.63) is 75.7 Å². The molecule has 3 aromatic rings. The third-order valence-corrected chi connectivity index (χ3v) is 4.50. The molecular weight excluding hydrogens is 370 g/mol. The Morgan fingerprint density at radius 2 is 1.90 bits per heavy atom. The summed E-state index contributed by atoms with van der Waals surface area (Å²) in [5.74, 6) is 0.463. The molecule has 1 heterocycles. The number of tetrazole rings is 1. The minimum Gasteiger partial charge on any atom is -0.479 e. The summed E-state index contributed by atoms with van der Waals surface area (Å²) in [6.45, 7) is 4.46. The van der Waals surface area contributed by atoms with E-state index >= 15 is 0 Å². The zero-order chi connectivity index (χ0) is 20.6. The van der Waals surface area contributed by atoms with Gasteiger partial charge in [0.15, 0.2) is 0 Å². The molecule has 0 radical (unpaired) electrons. The van der Waals surface area contributed by atoms with Crippen molar-refractivity contribution in [2.45, 2.75) is 33.3 Å². The highest BCUT2D eigenvalue weighted by atomic mass is 16.6. The number of hydrogen-bond donors (Lipinski definition) is 0. The van der Waals surface area contributed by atoms with Crippen LogP contribution in [0.4, 0.5) is 0 Å². The van der Waals surface area contributed by atoms with Crippen molar-refractivity contribution in [1.82, 2.24) is 19.8 Å². The van der Waals surface area contributed by atoms with E-state index < -0.39 is 0 Å². The summed E-state index contributed by atoms with van der Waals surface area (Å²) < 4.78 is 8.04. The van der Waals surface area contributed by atoms with Gasteiger partial charge in [-0.3, -0.25) is 0 Å². The van der Waals surface area contributed by atoms with Crippen molar-refractivity contribution < 1.29 is 9.57 Å². The number of aromatic nitrogens is 4. The predicted molar refractivity (Wildman–Crippen MR) is 110 cm³/mol. The van der Waals surface area contributed by atoms with Crippen molar-refractivity contribution in [2.75, 3.05) is 6.61 Å². The molecule has 1 aromatic heterocycles. The molecule has 0 fully saturated rings. The van der Waals surface area contributed by atoms with Crippen LogP contribution in [0.1, 0.15) is 30.0 Å². The monoisotopic (exact) mass is 395 g/mol. The van der Waals surface area contributed by atoms with Gasteiger partial charge in [0.2, 0.25) is 5.90 Å². The van der Waals surface area contributed by atoms with Crippen LogP contribution in [-0.2, 0) is 29.6 Å². The highest BCUT2D eigenvalue weighted by molar-refractivity contribution is 5.72. The van der Waals surface area contributed by atoms with E-state index in [0.717, 1.165) is 24.0 Å². The summed E-state index contributed by atoms with van der Waals surface area (Å²) in [5.41, 5.74) is 3.37. The van der Waals surface area contributed by atoms with Gasteiger partial charge in [-0.2, -0.15) is 9.36 Å². The van der Waals surface area contributed by atoms with Crippen LogP contribution >= 0.6 is 0 Å². The first-order valence-corrected chi connectivity index (χ1v) is 9.47. The summed E-state index contributed by atoms with van der Waals surface area (Å²) in [5, 5.41) is 11.7. The quantitative estimate of drug-likeness (QED) is 0.253. The topological polar surface area (TPSA) is 83.5 Å². The SMILES string of the molecule is C/C(=N\OCc1c(C)cccc1-n1nnn(C)c1=O)OCCCc1ccccc1. The van der Waals surface area contributed by atoms with Crippen molar-refractivity contribution in [1.29, 1.82) is 0 Å². The van der Waals surface area contributed by atoms with Gasteiger partial charge in [0.25, 0.3) is 0 Å². The van der Waals surface area contributed by atoms with Crippen LogP contribution < -0.4 is 5.69 Å². The second-order valence-corrected chi connectivity index (χ2v) is 6.69. The number of nitrogens with zero attached hydrogens (tertiary/aromatic N) is 5. The van der Waals surface area contributed by atoms with Crippen molar-refractivity contribution in [2.24, 2.45) is 12.2 Å². The molecule has 0 saturated heterocycles. The number of ether oxygens (including phenoxy) is 1. The predicted octanol–water partition coefficient (Wildman–Crippen LogP) is 2.77. The molecular formula is C21H25N5O3. The molecule has 0 bridgehead atoms. The molecule has 8 heteroatoms. The maximum absolute atomic E-state index is 12.2. The van der Waals surface area contributed by atoms with E-state index in [1.54, 1.807) is 20.0 Å². The van der Waals surface area contributed by atoms with Crippen LogP contribution in [0.5, 0.6) is 0 Å². The Morgan fingerprint density at radius 3 is 2.62 bits per heavy atom. The van der Waals surface area contributed by atoms with E-state index in [4.69, 9.17) is 9.57 Å². The first-order valence-electron chi connectivity index (χ1n) is 9.47. The summed E-state index contributed by atoms with van der Waals surface area (Å²) in [7, 11) is 1.56. The molecule has 0 aliphatic carbocycles. The Balaban J connectivity index is 1.55. The maximum Gasteiger partial charge on any atom is 0.368 e. The molecule has 3 rings (SSSR count). The first kappa shape index (κ1) is 20.3. The van der Waals surface area contributed by atoms with Crippen molar-refractivity contribution in [3.63, 3.8) is 0 Å². The van der Waals surface area contributed by atoms with Gasteiger partial charge in [-0.25, -0.2) is 4.79 Å². The van der Waals surface area contributed by atoms with Crippen LogP contribution in [0, 0.1) is 6.92 Å². The Labute approximate surface area is 169 Å². The molecule has 8 nitrogen and oxygen atoms in total. The van der Waals surface area contributed by atoms with Crippen LogP contribution in [0.3, 0.4) is 0 Å². The van der Waals surface area contributed by atoms with Gasteiger partial charge >= 0.3 is 5.69 Å². The van der Waals surface area contributed by atoms with Gasteiger partial charge < -0.3 is 9.57 Å². The fourth-order valence-corrected chi connectivity index (χ4v) is 2.89. The lowest BCUT2D eigenvalue weighted by molar-refractivity contribution is 0.118. The Hall–Kier alpha value is -3.42. The van der Waals surface area contributed by atoms with Crippen molar-refractivity contribution in [3.8, 4) is 5.69 Å². The van der Waals surface area contributed by atoms with Gasteiger partial charge in [0.1, 0.15) is 6.61 Å². The van der Waals surface area contributed by atoms with E-state index in [0.29, 0.717) is 18.2 Å². The second kappa shape index (κ2) is 9.68. The highest BCUT2D eigenvalue weighted by Gasteiger charge is 2.13. The minimum absolute atomic E-state index is 0.190. The largest absolute Gasteiger partial charge is 0.479 e. The molecule has 0 aliphatic rings. The Kier molecular flexibility index (Phi) is 6.78. The first-order chi connectivity index (χ1) is 14.1. The third-order valence-electron chi connectivity index (χ3n) is 4.50. The average Bonchev–Trinajstić information content (AvgIpc) is 3.06. The van der Waals surface area contributed by atoms with Gasteiger partial charge in [-0.1, -0.05) is 47.6 Å². The lowest BCUT2D eigenvalue weighted by Gasteiger charge is -2.11. The summed E-state index contributed by atoms with van der Waals surface area (Å²) in [6.07, 6.45) is 1.85. The Bertz CT molecular complexity index is 1020. The maximum atomic E-state index is 12.2. The molecule has 0 unspecified atom stereocenters. The van der Waals surface area contributed by atoms with E-state index in [1.807, 2.05) is 37.3 Å². The number of benzene rings is 2. The zero-order valence-electron chi connectivity index (χ0n) is 16.9. The van der Waals surface area contributed by atoms with Crippen LogP contribution in [0.2, 0.25) is 0 Å². The average molecular weight is 395 g/mol. The zero-order valence-corrected chi connectivity index (χ0v) is 16.9. The molecule has 0 saturated carbocycles. The Morgan fingerprint density at radius 1 is 1.10 bits per heavy atom. The molecule has 152 valence electrons. The summed E-state index contributed by atoms with van der Waals surface area (Å²) >= 11 is 0. The van der Waals surface area contributed by atoms with Crippen molar-refractivity contribution >= 4 is 5.90 Å². The molecule has 29 heavy (non-hydrogen) atoms. The highest BCUT2D eigenvalue weighted by Crippen LogP contribution is 2.18. The fourth-order valence-electron chi connectivity index (χ4n) is 2.89. The van der Waals surface area contributed by atoms with Gasteiger partial charge in [0.05, 0.1) is 12.3 Å². The van der Waals surface area contributed by atoms with E-state index in [9.17, 15) is 4.79 Å². The number of aryl methyl sites for hydroxylation is 3. The fraction of sp³-hybridized carbons (Fsp3) is 0.333. The molecule has 2 aromatic carbocycles. The summed E-state index contributed by atoms with van der Waals surface area (Å²) in [4.78, 5) is 17.7. The molecule has 0 N–H and O–H groups in total. The number of rotatable bonds is 8. The van der Waals surface area contributed by atoms with Gasteiger partial charge in [-0.05, 0) is 47.4 Å². The second-order valence-electron chi connectivity index (χ2n) is 6.69. The number of hydrogen-bond acceptors (Lipinski definition) is 6. The molecule has 0 amide bonds. The lowest BCUT2D eigenvalue weighted by atomic mass is 10.1. The van der Waals surface area contributed by atoms with Gasteiger partial charge in [0, 0.05) is 19.5 Å². The lowest BCUT2D eigenvalue weighted by Crippen LogP contribution is -2.23. The number of oxime groups is 1. The standard InChI is InChI=1S/C21H25N5O3/c1-16-9-7-13-20(26-21(27)25(3)23-24-26)19(16)15-29-22-17(2)28-14-8-12-18-10-5-4-6-11-18/h4-7,9-11,13H,8,12,14-15H2,1-3H3/b22-17+. The van der Waals surface area contributed by atoms with Gasteiger partial charge in [-0.15, -0.1) is 0 Å². The van der Waals surface area contributed by atoms with E-state index in [-0.39, 0.29) is 12.3 Å². The van der Waals surface area contributed by atoms with E-state index in [2.05, 4.69) is 27.7 Å². The summed E-state index contributed by atoms with van der Waals surface area (Å²) in [6, 6.07) is 15.9. The van der Waals surface area contributed by atoms with Crippen LogP contribution in [-0.4, -0.2) is 32.3 Å². The normalized spacial score (nSPS) is 11.5. The van der Waals surface area contributed by atoms with Crippen LogP contribution in [0.15, 0.2) is 58.5 Å². The van der Waals surface area contributed by atoms with Crippen LogP contribution in [0.25, 0.3) is 5.69 Å². The minimum atomic E-state index is -0.321.